The second kappa shape index (κ2) is 8.49. The normalized spacial score (nSPS) is 14.0. The Kier molecular flexibility index (Phi) is 7.75. The van der Waals surface area contributed by atoms with E-state index in [9.17, 15) is 13.0 Å². The highest BCUT2D eigenvalue weighted by atomic mass is 35.6. The van der Waals surface area contributed by atoms with Crippen molar-refractivity contribution in [2.45, 2.75) is 29.5 Å². The lowest BCUT2D eigenvalue weighted by atomic mass is 10.2. The summed E-state index contributed by atoms with van der Waals surface area (Å²) < 4.78 is 48.9. The molecule has 0 unspecified atom stereocenters. The highest BCUT2D eigenvalue weighted by Gasteiger charge is 2.46. The fraction of sp³-hybridized carbons (Fsp3) is 0.462. The fourth-order valence-electron chi connectivity index (χ4n) is 1.63. The topological polar surface area (TPSA) is 82.0 Å². The van der Waals surface area contributed by atoms with Gasteiger partial charge in [-0.3, -0.25) is 4.57 Å². The van der Waals surface area contributed by atoms with Gasteiger partial charge in [0.15, 0.2) is 5.45 Å². The van der Waals surface area contributed by atoms with E-state index in [1.165, 1.54) is 26.0 Å². The molecule has 0 aliphatic rings. The van der Waals surface area contributed by atoms with Crippen LogP contribution in [0, 0.1) is 6.92 Å². The molecule has 6 nitrogen and oxygen atoms in total. The van der Waals surface area contributed by atoms with Gasteiger partial charge in [-0.1, -0.05) is 52.5 Å². The van der Waals surface area contributed by atoms with Crippen LogP contribution in [0.5, 0.6) is 0 Å². The molecule has 0 saturated heterocycles. The number of sulfonamides is 1. The third-order valence-corrected chi connectivity index (χ3v) is 7.15. The van der Waals surface area contributed by atoms with Gasteiger partial charge >= 0.3 is 7.60 Å². The fourth-order valence-corrected chi connectivity index (χ4v) is 5.82. The van der Waals surface area contributed by atoms with Crippen LogP contribution in [0.15, 0.2) is 33.6 Å². The van der Waals surface area contributed by atoms with Gasteiger partial charge in [0.2, 0.25) is 3.79 Å². The average molecular weight is 437 g/mol. The monoisotopic (exact) mass is 435 g/mol. The molecule has 0 N–H and O–H groups in total. The van der Waals surface area contributed by atoms with E-state index in [1.54, 1.807) is 19.1 Å². The maximum Gasteiger partial charge on any atom is 0.380 e. The van der Waals surface area contributed by atoms with Crippen LogP contribution in [0.4, 0.5) is 0 Å². The number of alkyl halides is 3. The molecule has 0 radical (unpaired) electrons. The molecule has 0 bridgehead atoms. The van der Waals surface area contributed by atoms with E-state index in [-0.39, 0.29) is 18.1 Å². The minimum Gasteiger partial charge on any atom is -0.305 e. The Bertz CT molecular complexity index is 734. The average Bonchev–Trinajstić information content (AvgIpc) is 2.44. The molecule has 0 spiro atoms. The van der Waals surface area contributed by atoms with Crippen molar-refractivity contribution in [2.24, 2.45) is 4.40 Å². The number of halogens is 3. The van der Waals surface area contributed by atoms with E-state index in [4.69, 9.17) is 43.9 Å². The summed E-state index contributed by atoms with van der Waals surface area (Å²) in [6.45, 7) is 4.76. The van der Waals surface area contributed by atoms with Crippen molar-refractivity contribution in [1.29, 1.82) is 0 Å². The van der Waals surface area contributed by atoms with Crippen molar-refractivity contribution in [3.8, 4) is 0 Å². The number of hydrogen-bond donors (Lipinski definition) is 0. The van der Waals surface area contributed by atoms with Gasteiger partial charge in [-0.05, 0) is 32.9 Å². The summed E-state index contributed by atoms with van der Waals surface area (Å²) in [7, 11) is -8.48. The molecule has 0 atom stereocenters. The molecule has 1 aromatic carbocycles. The van der Waals surface area contributed by atoms with E-state index < -0.39 is 26.9 Å². The van der Waals surface area contributed by atoms with Crippen LogP contribution in [-0.2, 0) is 23.6 Å². The van der Waals surface area contributed by atoms with Crippen molar-refractivity contribution in [2.75, 3.05) is 13.2 Å². The summed E-state index contributed by atoms with van der Waals surface area (Å²) in [4.78, 5) is -0.139. The number of hydrogen-bond acceptors (Lipinski definition) is 5. The van der Waals surface area contributed by atoms with Gasteiger partial charge in [0.25, 0.3) is 10.0 Å². The molecular formula is C13H17Cl3NO5PS. The Morgan fingerprint density at radius 2 is 1.58 bits per heavy atom. The molecule has 24 heavy (non-hydrogen) atoms. The lowest BCUT2D eigenvalue weighted by Crippen LogP contribution is -2.23. The van der Waals surface area contributed by atoms with Gasteiger partial charge in [0.05, 0.1) is 18.1 Å². The Hall–Kier alpha value is -0.140. The lowest BCUT2D eigenvalue weighted by molar-refractivity contribution is 0.232. The second-order valence-corrected chi connectivity index (χ2v) is 10.4. The largest absolute Gasteiger partial charge is 0.380 e. The predicted octanol–water partition coefficient (Wildman–Crippen LogP) is 4.72. The molecule has 0 aromatic heterocycles. The zero-order valence-electron chi connectivity index (χ0n) is 13.2. The minimum atomic E-state index is -4.28. The first-order valence-electron chi connectivity index (χ1n) is 6.84. The third kappa shape index (κ3) is 5.70. The van der Waals surface area contributed by atoms with Crippen LogP contribution in [-0.4, -0.2) is 30.9 Å². The van der Waals surface area contributed by atoms with Crippen LogP contribution >= 0.6 is 42.4 Å². The zero-order chi connectivity index (χ0) is 18.6. The van der Waals surface area contributed by atoms with Gasteiger partial charge in [0, 0.05) is 0 Å². The Morgan fingerprint density at radius 3 is 1.96 bits per heavy atom. The number of rotatable bonds is 7. The third-order valence-electron chi connectivity index (χ3n) is 2.64. The maximum absolute atomic E-state index is 12.8. The highest BCUT2D eigenvalue weighted by molar-refractivity contribution is 7.91. The van der Waals surface area contributed by atoms with E-state index in [0.717, 1.165) is 5.56 Å². The zero-order valence-corrected chi connectivity index (χ0v) is 17.2. The first-order chi connectivity index (χ1) is 11.0. The van der Waals surface area contributed by atoms with Crippen molar-refractivity contribution >= 4 is 57.9 Å². The molecular weight excluding hydrogens is 420 g/mol. The summed E-state index contributed by atoms with van der Waals surface area (Å²) in [5.74, 6) is 0. The molecule has 0 amide bonds. The number of benzene rings is 1. The first kappa shape index (κ1) is 21.9. The minimum absolute atomic E-state index is 0.0539. The standard InChI is InChI=1S/C13H17Cl3NO5PS/c1-4-21-23(18,22-5-2)12(13(14,15)16)17-24(19,20)11-8-6-10(3)7-9-11/h6-9H,4-5H2,1-3H3/b17-12-. The van der Waals surface area contributed by atoms with Crippen LogP contribution in [0.25, 0.3) is 0 Å². The van der Waals surface area contributed by atoms with Crippen LogP contribution in [0.3, 0.4) is 0 Å². The SMILES string of the molecule is CCOP(=O)(OCC)/C(=N\S(=O)(=O)c1ccc(C)cc1)C(Cl)(Cl)Cl. The van der Waals surface area contributed by atoms with E-state index in [0.29, 0.717) is 0 Å². The molecule has 0 saturated carbocycles. The molecule has 0 aliphatic carbocycles. The summed E-state index contributed by atoms with van der Waals surface area (Å²) in [6, 6.07) is 5.86. The van der Waals surface area contributed by atoms with Crippen molar-refractivity contribution in [3.05, 3.63) is 29.8 Å². The molecule has 136 valence electrons. The van der Waals surface area contributed by atoms with Crippen LogP contribution < -0.4 is 0 Å². The first-order valence-corrected chi connectivity index (χ1v) is 11.0. The number of nitrogens with zero attached hydrogens (tertiary/aromatic N) is 1. The number of aryl methyl sites for hydroxylation is 1. The molecule has 0 fully saturated rings. The maximum atomic E-state index is 12.8. The van der Waals surface area contributed by atoms with Crippen LogP contribution in [0.2, 0.25) is 0 Å². The molecule has 1 aromatic rings. The second-order valence-electron chi connectivity index (χ2n) is 4.53. The van der Waals surface area contributed by atoms with E-state index in [2.05, 4.69) is 4.40 Å². The smallest absolute Gasteiger partial charge is 0.305 e. The summed E-state index contributed by atoms with van der Waals surface area (Å²) in [5.41, 5.74) is 0.0538. The Labute approximate surface area is 156 Å². The summed E-state index contributed by atoms with van der Waals surface area (Å²) >= 11 is 17.3. The van der Waals surface area contributed by atoms with E-state index in [1.807, 2.05) is 0 Å². The lowest BCUT2D eigenvalue weighted by Gasteiger charge is -2.22. The summed E-state index contributed by atoms with van der Waals surface area (Å²) in [5, 5.41) is 0. The van der Waals surface area contributed by atoms with Gasteiger partial charge in [0.1, 0.15) is 0 Å². The predicted molar refractivity (Wildman–Crippen MR) is 96.9 cm³/mol. The van der Waals surface area contributed by atoms with Crippen molar-refractivity contribution in [1.82, 2.24) is 0 Å². The molecule has 1 rings (SSSR count). The Balaban J connectivity index is 3.52. The van der Waals surface area contributed by atoms with Crippen LogP contribution in [0.1, 0.15) is 19.4 Å². The summed E-state index contributed by atoms with van der Waals surface area (Å²) in [6.07, 6.45) is 0. The quantitative estimate of drug-likeness (QED) is 0.351. The van der Waals surface area contributed by atoms with Crippen molar-refractivity contribution in [3.63, 3.8) is 0 Å². The molecule has 11 heteroatoms. The Morgan fingerprint density at radius 1 is 1.12 bits per heavy atom. The highest BCUT2D eigenvalue weighted by Crippen LogP contribution is 2.56. The van der Waals surface area contributed by atoms with Gasteiger partial charge in [-0.15, -0.1) is 0 Å². The van der Waals surface area contributed by atoms with Crippen molar-refractivity contribution < 1.29 is 22.0 Å². The molecule has 0 aliphatic heterocycles. The van der Waals surface area contributed by atoms with Gasteiger partial charge < -0.3 is 9.05 Å². The molecule has 0 heterocycles. The van der Waals surface area contributed by atoms with Gasteiger partial charge in [-0.2, -0.15) is 12.8 Å². The van der Waals surface area contributed by atoms with Gasteiger partial charge in [-0.25, -0.2) is 0 Å². The van der Waals surface area contributed by atoms with E-state index >= 15 is 0 Å².